The maximum Gasteiger partial charge on any atom is 0.490 e. The lowest BCUT2D eigenvalue weighted by molar-refractivity contribution is -0.192. The van der Waals surface area contributed by atoms with Crippen LogP contribution in [0.5, 0.6) is 6.01 Å². The Bertz CT molecular complexity index is 1400. The molecule has 4 heterocycles. The minimum absolute atomic E-state index is 0.0109. The minimum atomic E-state index is -5.08. The number of carbonyl (C=O) groups is 1. The van der Waals surface area contributed by atoms with Gasteiger partial charge in [-0.05, 0) is 45.0 Å². The van der Waals surface area contributed by atoms with Crippen molar-refractivity contribution in [3.05, 3.63) is 40.0 Å². The molecule has 3 aliphatic heterocycles. The van der Waals surface area contributed by atoms with Crippen molar-refractivity contribution in [2.24, 2.45) is 0 Å². The van der Waals surface area contributed by atoms with E-state index in [1.54, 1.807) is 4.90 Å². The first-order valence-electron chi connectivity index (χ1n) is 14.2. The number of fused-ring (bicyclic) bond motifs is 1. The van der Waals surface area contributed by atoms with E-state index in [0.29, 0.717) is 51.3 Å². The third-order valence-electron chi connectivity index (χ3n) is 7.85. The molecule has 2 unspecified atom stereocenters. The summed E-state index contributed by atoms with van der Waals surface area (Å²) in [4.78, 5) is 24.5. The van der Waals surface area contributed by atoms with Crippen LogP contribution in [0.2, 0.25) is 5.02 Å². The van der Waals surface area contributed by atoms with Crippen molar-refractivity contribution in [2.75, 3.05) is 56.2 Å². The van der Waals surface area contributed by atoms with Gasteiger partial charge in [0.25, 0.3) is 0 Å². The first-order chi connectivity index (χ1) is 21.2. The Morgan fingerprint density at radius 1 is 1.18 bits per heavy atom. The van der Waals surface area contributed by atoms with E-state index < -0.39 is 23.9 Å². The summed E-state index contributed by atoms with van der Waals surface area (Å²) in [6.45, 7) is 4.03. The summed E-state index contributed by atoms with van der Waals surface area (Å²) in [6, 6.07) is 7.00. The topological polar surface area (TPSA) is 118 Å². The molecule has 5 rings (SSSR count). The number of piperazine rings is 1. The zero-order valence-corrected chi connectivity index (χ0v) is 25.0. The predicted molar refractivity (Wildman–Crippen MR) is 152 cm³/mol. The average molecular weight is 664 g/mol. The number of hydrogen-bond acceptors (Lipinski definition) is 9. The second kappa shape index (κ2) is 14.3. The fourth-order valence-electron chi connectivity index (χ4n) is 5.60. The van der Waals surface area contributed by atoms with Gasteiger partial charge in [0.1, 0.15) is 12.4 Å². The van der Waals surface area contributed by atoms with Crippen LogP contribution in [0.25, 0.3) is 0 Å². The molecular formula is C28H32ClF6N7O3. The van der Waals surface area contributed by atoms with Gasteiger partial charge in [-0.15, -0.1) is 0 Å². The molecule has 2 atom stereocenters. The first kappa shape index (κ1) is 34.3. The van der Waals surface area contributed by atoms with Crippen LogP contribution in [-0.2, 0) is 23.9 Å². The maximum atomic E-state index is 13.9. The van der Waals surface area contributed by atoms with Gasteiger partial charge in [-0.2, -0.15) is 41.6 Å². The summed E-state index contributed by atoms with van der Waals surface area (Å²) in [7, 11) is 2.07. The summed E-state index contributed by atoms with van der Waals surface area (Å²) < 4.78 is 79.6. The lowest BCUT2D eigenvalue weighted by Crippen LogP contribution is -2.51. The molecule has 0 aliphatic carbocycles. The van der Waals surface area contributed by atoms with E-state index in [1.807, 2.05) is 0 Å². The second-order valence-electron chi connectivity index (χ2n) is 10.9. The summed E-state index contributed by atoms with van der Waals surface area (Å²) in [5.41, 5.74) is 0.781. The molecule has 3 aliphatic rings. The zero-order chi connectivity index (χ0) is 32.9. The Morgan fingerprint density at radius 3 is 2.53 bits per heavy atom. The van der Waals surface area contributed by atoms with Crippen LogP contribution in [0.1, 0.15) is 36.1 Å². The Balaban J connectivity index is 0.000000591. The largest absolute Gasteiger partial charge is 0.490 e. The van der Waals surface area contributed by atoms with Crippen molar-refractivity contribution < 1.29 is 41.0 Å². The Kier molecular flexibility index (Phi) is 10.9. The molecule has 246 valence electrons. The molecule has 2 N–H and O–H groups in total. The van der Waals surface area contributed by atoms with Gasteiger partial charge >= 0.3 is 24.3 Å². The van der Waals surface area contributed by atoms with Crippen molar-refractivity contribution in [1.82, 2.24) is 20.2 Å². The van der Waals surface area contributed by atoms with Gasteiger partial charge in [0.05, 0.1) is 41.0 Å². The predicted octanol–water partition coefficient (Wildman–Crippen LogP) is 4.51. The van der Waals surface area contributed by atoms with Gasteiger partial charge in [0.15, 0.2) is 0 Å². The van der Waals surface area contributed by atoms with Crippen molar-refractivity contribution in [3.63, 3.8) is 0 Å². The number of rotatable bonds is 6. The summed E-state index contributed by atoms with van der Waals surface area (Å²) in [5, 5.41) is 19.4. The molecule has 1 aromatic carbocycles. The van der Waals surface area contributed by atoms with E-state index >= 15 is 0 Å². The highest BCUT2D eigenvalue weighted by molar-refractivity contribution is 6.31. The Labute approximate surface area is 260 Å². The molecule has 2 saturated heterocycles. The van der Waals surface area contributed by atoms with Gasteiger partial charge in [0.2, 0.25) is 0 Å². The van der Waals surface area contributed by atoms with Crippen LogP contribution >= 0.6 is 11.6 Å². The van der Waals surface area contributed by atoms with E-state index in [9.17, 15) is 31.6 Å². The molecule has 0 amide bonds. The molecule has 2 fully saturated rings. The highest BCUT2D eigenvalue weighted by atomic mass is 35.5. The molecule has 2 aromatic rings. The number of ether oxygens (including phenoxy) is 1. The molecule has 0 bridgehead atoms. The SMILES string of the molecule is CN1CCCC1COc1nc2c(c(N3CCNC(CC#N)C3)n1)CCN(c1cccc(Cl)c1C(F)(F)F)C2.O=C(O)C(F)(F)F. The summed E-state index contributed by atoms with van der Waals surface area (Å²) in [5.74, 6) is -2.01. The number of likely N-dealkylation sites (tertiary alicyclic amines) is 1. The van der Waals surface area contributed by atoms with Gasteiger partial charge in [-0.3, -0.25) is 0 Å². The lowest BCUT2D eigenvalue weighted by atomic mass is 10.0. The standard InChI is InChI=1S/C26H31ClF3N7O.C2HF3O2/c1-35-11-3-4-18(35)16-38-25-33-21-15-36(22-6-2-5-20(27)23(22)26(28,29)30)12-8-19(21)24(34-25)37-13-10-32-17(14-37)7-9-31;3-2(4,5)1(6)7/h2,5-6,17-18,32H,3-4,7-8,10-16H2,1H3;(H,6,7). The number of aliphatic carboxylic acids is 1. The van der Waals surface area contributed by atoms with Gasteiger partial charge < -0.3 is 29.9 Å². The number of carboxylic acids is 1. The molecule has 0 spiro atoms. The van der Waals surface area contributed by atoms with Crippen LogP contribution in [-0.4, -0.2) is 90.6 Å². The molecule has 0 saturated carbocycles. The van der Waals surface area contributed by atoms with E-state index in [2.05, 4.69) is 28.2 Å². The zero-order valence-electron chi connectivity index (χ0n) is 24.3. The molecule has 17 heteroatoms. The number of halogens is 7. The van der Waals surface area contributed by atoms with Crippen LogP contribution < -0.4 is 19.9 Å². The quantitative estimate of drug-likeness (QED) is 0.428. The monoisotopic (exact) mass is 663 g/mol. The van der Waals surface area contributed by atoms with Crippen LogP contribution in [0, 0.1) is 11.3 Å². The lowest BCUT2D eigenvalue weighted by Gasteiger charge is -2.37. The number of benzene rings is 1. The van der Waals surface area contributed by atoms with E-state index in [4.69, 9.17) is 36.2 Å². The third-order valence-corrected chi connectivity index (χ3v) is 8.17. The average Bonchev–Trinajstić information content (AvgIpc) is 3.39. The highest BCUT2D eigenvalue weighted by Crippen LogP contribution is 2.43. The van der Waals surface area contributed by atoms with Crippen molar-refractivity contribution in [3.8, 4) is 12.1 Å². The minimum Gasteiger partial charge on any atom is -0.475 e. The van der Waals surface area contributed by atoms with Gasteiger partial charge in [-0.25, -0.2) is 4.79 Å². The molecular weight excluding hydrogens is 632 g/mol. The van der Waals surface area contributed by atoms with Crippen molar-refractivity contribution in [2.45, 2.75) is 56.7 Å². The smallest absolute Gasteiger partial charge is 0.475 e. The van der Waals surface area contributed by atoms with E-state index in [0.717, 1.165) is 30.8 Å². The van der Waals surface area contributed by atoms with Crippen molar-refractivity contribution in [1.29, 1.82) is 5.26 Å². The number of alkyl halides is 6. The number of anilines is 2. The van der Waals surface area contributed by atoms with Gasteiger partial charge in [0, 0.05) is 43.8 Å². The fraction of sp³-hybridized carbons (Fsp3) is 0.571. The number of carboxylic acid groups (broad SMARTS) is 1. The number of aromatic nitrogens is 2. The molecule has 45 heavy (non-hydrogen) atoms. The number of nitrogens with one attached hydrogen (secondary N) is 1. The number of hydrogen-bond donors (Lipinski definition) is 2. The van der Waals surface area contributed by atoms with Crippen LogP contribution in [0.3, 0.4) is 0 Å². The van der Waals surface area contributed by atoms with Gasteiger partial charge in [-0.1, -0.05) is 17.7 Å². The van der Waals surface area contributed by atoms with E-state index in [-0.39, 0.29) is 35.3 Å². The molecule has 0 radical (unpaired) electrons. The Hall–Kier alpha value is -3.55. The van der Waals surface area contributed by atoms with Crippen molar-refractivity contribution >= 4 is 29.1 Å². The number of nitrogens with zero attached hydrogens (tertiary/aromatic N) is 6. The maximum absolute atomic E-state index is 13.9. The summed E-state index contributed by atoms with van der Waals surface area (Å²) in [6.07, 6.45) is -6.66. The highest BCUT2D eigenvalue weighted by Gasteiger charge is 2.39. The molecule has 10 nitrogen and oxygen atoms in total. The van der Waals surface area contributed by atoms with Crippen LogP contribution in [0.15, 0.2) is 18.2 Å². The normalized spacial score (nSPS) is 20.6. The summed E-state index contributed by atoms with van der Waals surface area (Å²) >= 11 is 6.01. The van der Waals surface area contributed by atoms with Crippen LogP contribution in [0.4, 0.5) is 37.8 Å². The fourth-order valence-corrected chi connectivity index (χ4v) is 5.88. The first-order valence-corrected chi connectivity index (χ1v) is 14.6. The third kappa shape index (κ3) is 8.59. The number of nitriles is 1. The van der Waals surface area contributed by atoms with E-state index in [1.165, 1.54) is 18.2 Å². The molecule has 1 aromatic heterocycles. The number of likely N-dealkylation sites (N-methyl/N-ethyl adjacent to an activating group) is 1. The second-order valence-corrected chi connectivity index (χ2v) is 11.3. The Morgan fingerprint density at radius 2 is 1.91 bits per heavy atom.